The highest BCUT2D eigenvalue weighted by Crippen LogP contribution is 2.30. The molecular formula is C15H22O5. The van der Waals surface area contributed by atoms with Crippen molar-refractivity contribution in [1.29, 1.82) is 0 Å². The van der Waals surface area contributed by atoms with Crippen LogP contribution < -0.4 is 0 Å². The summed E-state index contributed by atoms with van der Waals surface area (Å²) in [6.07, 6.45) is 0.609. The molecule has 0 saturated heterocycles. The molecule has 1 rings (SSSR count). The molecule has 0 aliphatic carbocycles. The number of aliphatic hydroxyl groups is 1. The normalized spacial score (nSPS) is 11.4. The van der Waals surface area contributed by atoms with E-state index in [-0.39, 0.29) is 37.1 Å². The Morgan fingerprint density at radius 2 is 1.95 bits per heavy atom. The number of phenols is 2. The summed E-state index contributed by atoms with van der Waals surface area (Å²) in [7, 11) is 0. The lowest BCUT2D eigenvalue weighted by molar-refractivity contribution is -0.147. The second-order valence-electron chi connectivity index (χ2n) is 5.76. The van der Waals surface area contributed by atoms with Crippen molar-refractivity contribution in [2.75, 3.05) is 13.2 Å². The summed E-state index contributed by atoms with van der Waals surface area (Å²) in [6.45, 7) is 5.41. The molecule has 5 nitrogen and oxygen atoms in total. The van der Waals surface area contributed by atoms with E-state index in [0.717, 1.165) is 5.56 Å². The molecule has 0 fully saturated rings. The third-order valence-corrected chi connectivity index (χ3v) is 3.01. The highest BCUT2D eigenvalue weighted by molar-refractivity contribution is 5.69. The standard InChI is InChI=1S/C15H22O5/c1-10-6-11(7-12(17)14(10)19)4-5-13(18)20-9-15(2,3)8-16/h6-7,16-17,19H,4-5,8-9H2,1-3H3. The summed E-state index contributed by atoms with van der Waals surface area (Å²) in [6, 6.07) is 3.16. The molecule has 0 aliphatic heterocycles. The van der Waals surface area contributed by atoms with Crippen molar-refractivity contribution in [1.82, 2.24) is 0 Å². The SMILES string of the molecule is Cc1cc(CCC(=O)OCC(C)(C)CO)cc(O)c1O. The van der Waals surface area contributed by atoms with Crippen LogP contribution in [0.5, 0.6) is 11.5 Å². The molecule has 0 saturated carbocycles. The zero-order valence-electron chi connectivity index (χ0n) is 12.1. The maximum atomic E-state index is 11.6. The van der Waals surface area contributed by atoms with Gasteiger partial charge < -0.3 is 20.1 Å². The maximum Gasteiger partial charge on any atom is 0.306 e. The summed E-state index contributed by atoms with van der Waals surface area (Å²) >= 11 is 0. The van der Waals surface area contributed by atoms with Gasteiger partial charge in [-0.05, 0) is 30.5 Å². The van der Waals surface area contributed by atoms with Crippen molar-refractivity contribution in [3.63, 3.8) is 0 Å². The average Bonchev–Trinajstić information content (AvgIpc) is 2.40. The average molecular weight is 282 g/mol. The zero-order valence-corrected chi connectivity index (χ0v) is 12.1. The van der Waals surface area contributed by atoms with E-state index < -0.39 is 5.41 Å². The maximum absolute atomic E-state index is 11.6. The van der Waals surface area contributed by atoms with Gasteiger partial charge in [-0.15, -0.1) is 0 Å². The molecule has 0 bridgehead atoms. The number of esters is 1. The Balaban J connectivity index is 2.49. The van der Waals surface area contributed by atoms with Gasteiger partial charge in [0.05, 0.1) is 13.2 Å². The van der Waals surface area contributed by atoms with Crippen LogP contribution in [0.1, 0.15) is 31.4 Å². The molecule has 0 aliphatic rings. The van der Waals surface area contributed by atoms with E-state index in [9.17, 15) is 15.0 Å². The quantitative estimate of drug-likeness (QED) is 0.548. The van der Waals surface area contributed by atoms with Gasteiger partial charge in [0.1, 0.15) is 0 Å². The topological polar surface area (TPSA) is 87.0 Å². The minimum atomic E-state index is -0.441. The number of ether oxygens (including phenoxy) is 1. The van der Waals surface area contributed by atoms with E-state index in [1.165, 1.54) is 6.07 Å². The van der Waals surface area contributed by atoms with Crippen LogP contribution in [0, 0.1) is 12.3 Å². The number of carbonyl (C=O) groups is 1. The van der Waals surface area contributed by atoms with E-state index in [4.69, 9.17) is 9.84 Å². The first-order valence-electron chi connectivity index (χ1n) is 6.53. The third kappa shape index (κ3) is 4.74. The molecule has 0 atom stereocenters. The lowest BCUT2D eigenvalue weighted by Gasteiger charge is -2.20. The first-order valence-corrected chi connectivity index (χ1v) is 6.53. The number of phenolic OH excluding ortho intramolecular Hbond substituents is 2. The molecule has 1 aromatic carbocycles. The van der Waals surface area contributed by atoms with Gasteiger partial charge in [-0.25, -0.2) is 0 Å². The van der Waals surface area contributed by atoms with Gasteiger partial charge in [0, 0.05) is 11.8 Å². The molecule has 0 spiro atoms. The minimum absolute atomic E-state index is 0.0503. The van der Waals surface area contributed by atoms with Crippen molar-refractivity contribution in [3.8, 4) is 11.5 Å². The number of rotatable bonds is 6. The number of hydrogen-bond donors (Lipinski definition) is 3. The Labute approximate surface area is 118 Å². The van der Waals surface area contributed by atoms with Crippen LogP contribution >= 0.6 is 0 Å². The van der Waals surface area contributed by atoms with Crippen LogP contribution in [-0.2, 0) is 16.0 Å². The number of benzene rings is 1. The molecule has 3 N–H and O–H groups in total. The molecule has 0 heterocycles. The summed E-state index contributed by atoms with van der Waals surface area (Å²) in [4.78, 5) is 11.6. The monoisotopic (exact) mass is 282 g/mol. The van der Waals surface area contributed by atoms with Crippen molar-refractivity contribution in [3.05, 3.63) is 23.3 Å². The van der Waals surface area contributed by atoms with Crippen LogP contribution in [-0.4, -0.2) is 34.5 Å². The van der Waals surface area contributed by atoms with E-state index in [2.05, 4.69) is 0 Å². The smallest absolute Gasteiger partial charge is 0.306 e. The van der Waals surface area contributed by atoms with Gasteiger partial charge >= 0.3 is 5.97 Å². The van der Waals surface area contributed by atoms with Gasteiger partial charge in [-0.1, -0.05) is 19.9 Å². The van der Waals surface area contributed by atoms with Gasteiger partial charge in [-0.3, -0.25) is 4.79 Å². The van der Waals surface area contributed by atoms with E-state index in [0.29, 0.717) is 12.0 Å². The summed E-state index contributed by atoms with van der Waals surface area (Å²) in [5.74, 6) is -0.674. The van der Waals surface area contributed by atoms with Crippen molar-refractivity contribution < 1.29 is 24.9 Å². The molecule has 0 radical (unpaired) electrons. The molecule has 5 heteroatoms. The Bertz CT molecular complexity index is 456. The molecule has 0 amide bonds. The third-order valence-electron chi connectivity index (χ3n) is 3.01. The Morgan fingerprint density at radius 3 is 2.50 bits per heavy atom. The second kappa shape index (κ2) is 6.61. The number of aromatic hydroxyl groups is 2. The number of carbonyl (C=O) groups excluding carboxylic acids is 1. The van der Waals surface area contributed by atoms with E-state index in [1.54, 1.807) is 13.0 Å². The van der Waals surface area contributed by atoms with Gasteiger partial charge in [0.15, 0.2) is 11.5 Å². The predicted molar refractivity (Wildman–Crippen MR) is 74.7 cm³/mol. The summed E-state index contributed by atoms with van der Waals surface area (Å²) < 4.78 is 5.09. The molecule has 0 unspecified atom stereocenters. The number of aliphatic hydroxyl groups excluding tert-OH is 1. The molecule has 112 valence electrons. The highest BCUT2D eigenvalue weighted by atomic mass is 16.5. The Hall–Kier alpha value is -1.75. The second-order valence-corrected chi connectivity index (χ2v) is 5.76. The van der Waals surface area contributed by atoms with E-state index in [1.807, 2.05) is 13.8 Å². The van der Waals surface area contributed by atoms with Crippen LogP contribution in [0.3, 0.4) is 0 Å². The summed E-state index contributed by atoms with van der Waals surface area (Å²) in [5, 5.41) is 28.0. The predicted octanol–water partition coefficient (Wildman–Crippen LogP) is 1.90. The minimum Gasteiger partial charge on any atom is -0.504 e. The van der Waals surface area contributed by atoms with Gasteiger partial charge in [0.2, 0.25) is 0 Å². The van der Waals surface area contributed by atoms with Crippen LogP contribution in [0.4, 0.5) is 0 Å². The first kappa shape index (κ1) is 16.3. The van der Waals surface area contributed by atoms with Crippen LogP contribution in [0.15, 0.2) is 12.1 Å². The van der Waals surface area contributed by atoms with Crippen molar-refractivity contribution >= 4 is 5.97 Å². The fourth-order valence-electron chi connectivity index (χ4n) is 1.62. The molecule has 20 heavy (non-hydrogen) atoms. The zero-order chi connectivity index (χ0) is 15.3. The van der Waals surface area contributed by atoms with Crippen LogP contribution in [0.25, 0.3) is 0 Å². The van der Waals surface area contributed by atoms with Crippen LogP contribution in [0.2, 0.25) is 0 Å². The van der Waals surface area contributed by atoms with Gasteiger partial charge in [0.25, 0.3) is 0 Å². The van der Waals surface area contributed by atoms with Crippen molar-refractivity contribution in [2.45, 2.75) is 33.6 Å². The molecule has 0 aromatic heterocycles. The van der Waals surface area contributed by atoms with E-state index >= 15 is 0 Å². The fraction of sp³-hybridized carbons (Fsp3) is 0.533. The largest absolute Gasteiger partial charge is 0.504 e. The lowest BCUT2D eigenvalue weighted by Crippen LogP contribution is -2.25. The number of aryl methyl sites for hydroxylation is 2. The molecular weight excluding hydrogens is 260 g/mol. The number of hydrogen-bond acceptors (Lipinski definition) is 5. The van der Waals surface area contributed by atoms with Crippen molar-refractivity contribution in [2.24, 2.45) is 5.41 Å². The highest BCUT2D eigenvalue weighted by Gasteiger charge is 2.19. The Morgan fingerprint density at radius 1 is 1.30 bits per heavy atom. The first-order chi connectivity index (χ1) is 9.25. The summed E-state index contributed by atoms with van der Waals surface area (Å²) in [5.41, 5.74) is 0.884. The lowest BCUT2D eigenvalue weighted by atomic mass is 9.96. The van der Waals surface area contributed by atoms with Gasteiger partial charge in [-0.2, -0.15) is 0 Å². The fourth-order valence-corrected chi connectivity index (χ4v) is 1.62. The Kier molecular flexibility index (Phi) is 5.39. The molecule has 1 aromatic rings.